The molecule has 0 aliphatic heterocycles. The van der Waals surface area contributed by atoms with Crippen molar-refractivity contribution < 1.29 is 19.1 Å². The summed E-state index contributed by atoms with van der Waals surface area (Å²) in [5, 5.41) is 13.2. The van der Waals surface area contributed by atoms with E-state index in [0.29, 0.717) is 18.2 Å². The van der Waals surface area contributed by atoms with E-state index < -0.39 is 5.97 Å². The Hall–Kier alpha value is -1.33. The Labute approximate surface area is 125 Å². The van der Waals surface area contributed by atoms with Crippen molar-refractivity contribution in [3.05, 3.63) is 23.7 Å². The molecule has 21 heavy (non-hydrogen) atoms. The lowest BCUT2D eigenvalue weighted by Crippen LogP contribution is -2.52. The molecule has 1 fully saturated rings. The van der Waals surface area contributed by atoms with Gasteiger partial charge in [-0.3, -0.25) is 0 Å². The molecule has 1 heterocycles. The van der Waals surface area contributed by atoms with E-state index in [1.807, 2.05) is 0 Å². The minimum absolute atomic E-state index is 0.0994. The topological polar surface area (TPSA) is 71.7 Å². The first-order valence-electron chi connectivity index (χ1n) is 7.62. The third-order valence-corrected chi connectivity index (χ3v) is 4.55. The van der Waals surface area contributed by atoms with E-state index in [0.717, 1.165) is 12.8 Å². The Kier molecular flexibility index (Phi) is 5.42. The number of aliphatic hydroxyl groups excluding tert-OH is 1. The Morgan fingerprint density at radius 3 is 2.76 bits per heavy atom. The van der Waals surface area contributed by atoms with E-state index in [1.54, 1.807) is 12.1 Å². The molecule has 1 aromatic heterocycles. The lowest BCUT2D eigenvalue weighted by atomic mass is 9.76. The van der Waals surface area contributed by atoms with Gasteiger partial charge in [-0.1, -0.05) is 19.3 Å². The van der Waals surface area contributed by atoms with Crippen molar-refractivity contribution >= 4 is 5.97 Å². The lowest BCUT2D eigenvalue weighted by molar-refractivity contribution is 0.0560. The van der Waals surface area contributed by atoms with E-state index in [9.17, 15) is 9.90 Å². The molecular formula is C16H25NO4. The van der Waals surface area contributed by atoms with Gasteiger partial charge in [-0.25, -0.2) is 4.79 Å². The zero-order valence-corrected chi connectivity index (χ0v) is 12.9. The number of aliphatic hydroxyl groups is 1. The maximum atomic E-state index is 11.4. The Balaban J connectivity index is 1.95. The normalized spacial score (nSPS) is 19.2. The van der Waals surface area contributed by atoms with Gasteiger partial charge >= 0.3 is 5.97 Å². The van der Waals surface area contributed by atoms with Crippen LogP contribution in [0, 0.1) is 5.92 Å². The number of rotatable bonds is 6. The highest BCUT2D eigenvalue weighted by Gasteiger charge is 2.34. The number of carbonyl (C=O) groups excluding carboxylic acids is 1. The molecule has 0 amide bonds. The van der Waals surface area contributed by atoms with Crippen LogP contribution in [0.4, 0.5) is 0 Å². The molecule has 1 saturated carbocycles. The summed E-state index contributed by atoms with van der Waals surface area (Å²) in [7, 11) is 1.33. The molecule has 0 aromatic carbocycles. The fraction of sp³-hybridized carbons (Fsp3) is 0.688. The summed E-state index contributed by atoms with van der Waals surface area (Å²) in [6.07, 6.45) is 6.05. The van der Waals surface area contributed by atoms with Gasteiger partial charge in [0.2, 0.25) is 5.76 Å². The zero-order chi connectivity index (χ0) is 15.3. The van der Waals surface area contributed by atoms with Crippen molar-refractivity contribution in [3.63, 3.8) is 0 Å². The third-order valence-electron chi connectivity index (χ3n) is 4.55. The van der Waals surface area contributed by atoms with Crippen LogP contribution in [0.15, 0.2) is 16.5 Å². The first kappa shape index (κ1) is 16.0. The fourth-order valence-electron chi connectivity index (χ4n) is 3.04. The average Bonchev–Trinajstić information content (AvgIpc) is 3.01. The summed E-state index contributed by atoms with van der Waals surface area (Å²) >= 11 is 0. The van der Waals surface area contributed by atoms with Gasteiger partial charge < -0.3 is 19.6 Å². The quantitative estimate of drug-likeness (QED) is 0.789. The maximum Gasteiger partial charge on any atom is 0.373 e. The highest BCUT2D eigenvalue weighted by atomic mass is 16.5. The summed E-state index contributed by atoms with van der Waals surface area (Å²) < 4.78 is 10.1. The van der Waals surface area contributed by atoms with Crippen molar-refractivity contribution in [1.82, 2.24) is 5.32 Å². The Morgan fingerprint density at radius 1 is 1.43 bits per heavy atom. The monoisotopic (exact) mass is 295 g/mol. The third kappa shape index (κ3) is 3.86. The van der Waals surface area contributed by atoms with Crippen LogP contribution in [-0.2, 0) is 11.3 Å². The van der Waals surface area contributed by atoms with Crippen molar-refractivity contribution in [3.8, 4) is 0 Å². The zero-order valence-electron chi connectivity index (χ0n) is 12.9. The second-order valence-electron chi connectivity index (χ2n) is 6.02. The summed E-state index contributed by atoms with van der Waals surface area (Å²) in [6.45, 7) is 2.65. The van der Waals surface area contributed by atoms with Crippen molar-refractivity contribution in [2.45, 2.75) is 51.1 Å². The molecule has 2 N–H and O–H groups in total. The van der Waals surface area contributed by atoms with Gasteiger partial charge in [-0.15, -0.1) is 0 Å². The summed E-state index contributed by atoms with van der Waals surface area (Å²) in [5.74, 6) is 0.883. The number of furan rings is 1. The fourth-order valence-corrected chi connectivity index (χ4v) is 3.04. The molecule has 1 atom stereocenters. The van der Waals surface area contributed by atoms with Crippen LogP contribution in [0.2, 0.25) is 0 Å². The van der Waals surface area contributed by atoms with E-state index >= 15 is 0 Å². The summed E-state index contributed by atoms with van der Waals surface area (Å²) in [6, 6.07) is 3.37. The first-order valence-corrected chi connectivity index (χ1v) is 7.62. The minimum Gasteiger partial charge on any atom is -0.463 e. The molecule has 5 nitrogen and oxygen atoms in total. The van der Waals surface area contributed by atoms with E-state index in [2.05, 4.69) is 17.0 Å². The van der Waals surface area contributed by atoms with Crippen molar-refractivity contribution in [2.24, 2.45) is 5.92 Å². The molecule has 1 aliphatic carbocycles. The summed E-state index contributed by atoms with van der Waals surface area (Å²) in [5.41, 5.74) is -0.307. The van der Waals surface area contributed by atoms with Crippen molar-refractivity contribution in [1.29, 1.82) is 0 Å². The van der Waals surface area contributed by atoms with E-state index in [1.165, 1.54) is 26.4 Å². The molecule has 5 heteroatoms. The van der Waals surface area contributed by atoms with Gasteiger partial charge in [0, 0.05) is 5.54 Å². The molecule has 2 rings (SSSR count). The highest BCUT2D eigenvalue weighted by Crippen LogP contribution is 2.32. The Morgan fingerprint density at radius 2 is 2.14 bits per heavy atom. The summed E-state index contributed by atoms with van der Waals surface area (Å²) in [4.78, 5) is 11.4. The number of nitrogens with one attached hydrogen (secondary N) is 1. The van der Waals surface area contributed by atoms with E-state index in [4.69, 9.17) is 4.42 Å². The number of esters is 1. The second-order valence-corrected chi connectivity index (χ2v) is 6.02. The molecule has 0 unspecified atom stereocenters. The Bertz CT molecular complexity index is 465. The van der Waals surface area contributed by atoms with Gasteiger partial charge in [-0.2, -0.15) is 0 Å². The highest BCUT2D eigenvalue weighted by molar-refractivity contribution is 5.86. The van der Waals surface area contributed by atoms with Crippen LogP contribution in [-0.4, -0.2) is 30.3 Å². The molecule has 0 radical (unpaired) electrons. The molecule has 0 bridgehead atoms. The maximum absolute atomic E-state index is 11.4. The first-order chi connectivity index (χ1) is 10.1. The number of hydrogen-bond donors (Lipinski definition) is 2. The number of hydrogen-bond acceptors (Lipinski definition) is 5. The smallest absolute Gasteiger partial charge is 0.373 e. The van der Waals surface area contributed by atoms with Crippen molar-refractivity contribution in [2.75, 3.05) is 13.7 Å². The SMILES string of the molecule is COC(=O)c1ccc(CN[C@](C)(CO)C2CCCCC2)o1. The van der Waals surface area contributed by atoms with Crippen LogP contribution in [0.25, 0.3) is 0 Å². The van der Waals surface area contributed by atoms with Crippen LogP contribution in [0.5, 0.6) is 0 Å². The molecule has 0 spiro atoms. The van der Waals surface area contributed by atoms with Gasteiger partial charge in [0.15, 0.2) is 0 Å². The van der Waals surface area contributed by atoms with Gasteiger partial charge in [0.25, 0.3) is 0 Å². The number of ether oxygens (including phenoxy) is 1. The van der Waals surface area contributed by atoms with Gasteiger partial charge in [0.1, 0.15) is 5.76 Å². The lowest BCUT2D eigenvalue weighted by Gasteiger charge is -2.39. The van der Waals surface area contributed by atoms with Crippen LogP contribution in [0.1, 0.15) is 55.3 Å². The molecule has 0 saturated heterocycles. The second kappa shape index (κ2) is 7.09. The number of methoxy groups -OCH3 is 1. The standard InChI is InChI=1S/C16H25NO4/c1-16(11-18,12-6-4-3-5-7-12)17-10-13-8-9-14(21-13)15(19)20-2/h8-9,12,17-18H,3-7,10-11H2,1-2H3/t16-/m1/s1. The average molecular weight is 295 g/mol. The largest absolute Gasteiger partial charge is 0.463 e. The minimum atomic E-state index is -0.474. The van der Waals surface area contributed by atoms with Crippen LogP contribution >= 0.6 is 0 Å². The van der Waals surface area contributed by atoms with Crippen LogP contribution in [0.3, 0.4) is 0 Å². The van der Waals surface area contributed by atoms with Crippen LogP contribution < -0.4 is 5.32 Å². The van der Waals surface area contributed by atoms with E-state index in [-0.39, 0.29) is 17.9 Å². The molecule has 118 valence electrons. The predicted octanol–water partition coefficient (Wildman–Crippen LogP) is 2.49. The number of carbonyl (C=O) groups is 1. The van der Waals surface area contributed by atoms with Gasteiger partial charge in [0.05, 0.1) is 20.3 Å². The molecular weight excluding hydrogens is 270 g/mol. The molecule has 1 aromatic rings. The van der Waals surface area contributed by atoms with Gasteiger partial charge in [-0.05, 0) is 37.8 Å². The predicted molar refractivity (Wildman–Crippen MR) is 79.0 cm³/mol. The molecule has 1 aliphatic rings.